The summed E-state index contributed by atoms with van der Waals surface area (Å²) in [6, 6.07) is 0.524. The van der Waals surface area contributed by atoms with Gasteiger partial charge in [-0.25, -0.2) is 5.84 Å². The van der Waals surface area contributed by atoms with Gasteiger partial charge in [-0.15, -0.1) is 0 Å². The second-order valence-electron chi connectivity index (χ2n) is 4.33. The molecule has 1 rings (SSSR count). The first-order valence-electron chi connectivity index (χ1n) is 5.37. The number of aliphatic imine (C=N–C) groups is 1. The van der Waals surface area contributed by atoms with Crippen LogP contribution in [0.4, 0.5) is 0 Å². The highest BCUT2D eigenvalue weighted by atomic mass is 15.3. The predicted octanol–water partition coefficient (Wildman–Crippen LogP) is 0.850. The topological polar surface area (TPSA) is 62.4 Å². The fourth-order valence-electron chi connectivity index (χ4n) is 2.04. The van der Waals surface area contributed by atoms with E-state index in [0.29, 0.717) is 12.0 Å². The number of nitrogens with two attached hydrogens (primary N) is 1. The van der Waals surface area contributed by atoms with E-state index in [2.05, 4.69) is 29.6 Å². The van der Waals surface area contributed by atoms with E-state index in [1.807, 2.05) is 0 Å². The third-order valence-corrected chi connectivity index (χ3v) is 3.30. The second-order valence-corrected chi connectivity index (χ2v) is 4.33. The molecule has 1 saturated carbocycles. The molecule has 3 atom stereocenters. The molecule has 0 aliphatic heterocycles. The molecule has 4 heteroatoms. The highest BCUT2D eigenvalue weighted by molar-refractivity contribution is 5.79. The Labute approximate surface area is 86.3 Å². The summed E-state index contributed by atoms with van der Waals surface area (Å²) >= 11 is 0. The normalized spacial score (nSPS) is 34.0. The summed E-state index contributed by atoms with van der Waals surface area (Å²) in [7, 11) is 1.73. The van der Waals surface area contributed by atoms with Crippen LogP contribution in [0.3, 0.4) is 0 Å². The van der Waals surface area contributed by atoms with E-state index >= 15 is 0 Å². The molecule has 0 radical (unpaired) electrons. The summed E-state index contributed by atoms with van der Waals surface area (Å²) in [6.45, 7) is 4.65. The number of hydrogen-bond donors (Lipinski definition) is 3. The Kier molecular flexibility index (Phi) is 4.20. The molecule has 0 aromatic rings. The minimum absolute atomic E-state index is 0.524. The highest BCUT2D eigenvalue weighted by Gasteiger charge is 2.24. The van der Waals surface area contributed by atoms with Crippen molar-refractivity contribution in [1.82, 2.24) is 10.7 Å². The Hall–Kier alpha value is -0.770. The third-order valence-electron chi connectivity index (χ3n) is 3.30. The molecular formula is C10H22N4. The molecule has 82 valence electrons. The maximum Gasteiger partial charge on any atom is 0.205 e. The molecule has 3 unspecified atom stereocenters. The van der Waals surface area contributed by atoms with E-state index < -0.39 is 0 Å². The monoisotopic (exact) mass is 198 g/mol. The number of nitrogens with one attached hydrogen (secondary N) is 2. The minimum atomic E-state index is 0.524. The summed E-state index contributed by atoms with van der Waals surface area (Å²) in [5, 5.41) is 3.32. The van der Waals surface area contributed by atoms with Gasteiger partial charge in [0.05, 0.1) is 0 Å². The molecule has 1 fully saturated rings. The summed E-state index contributed by atoms with van der Waals surface area (Å²) in [4.78, 5) is 4.01. The van der Waals surface area contributed by atoms with Gasteiger partial charge in [0.15, 0.2) is 0 Å². The number of nitrogens with zero attached hydrogens (tertiary/aromatic N) is 1. The molecule has 0 aromatic carbocycles. The van der Waals surface area contributed by atoms with Crippen molar-refractivity contribution in [3.05, 3.63) is 0 Å². The zero-order valence-electron chi connectivity index (χ0n) is 9.38. The van der Waals surface area contributed by atoms with Crippen molar-refractivity contribution >= 4 is 5.96 Å². The Morgan fingerprint density at radius 3 is 2.50 bits per heavy atom. The molecule has 4 N–H and O–H groups in total. The standard InChI is InChI=1S/C10H22N4/c1-7-4-5-9(6-8(7)2)13-10(12-3)14-11/h7-9H,4-6,11H2,1-3H3,(H2,12,13,14). The molecule has 0 bridgehead atoms. The molecular weight excluding hydrogens is 176 g/mol. The van der Waals surface area contributed by atoms with Crippen LogP contribution < -0.4 is 16.6 Å². The molecule has 4 nitrogen and oxygen atoms in total. The van der Waals surface area contributed by atoms with E-state index in [-0.39, 0.29) is 0 Å². The summed E-state index contributed by atoms with van der Waals surface area (Å²) in [6.07, 6.45) is 3.72. The molecule has 0 amide bonds. The van der Waals surface area contributed by atoms with Crippen LogP contribution in [0.1, 0.15) is 33.1 Å². The average molecular weight is 198 g/mol. The van der Waals surface area contributed by atoms with Gasteiger partial charge in [-0.3, -0.25) is 10.4 Å². The van der Waals surface area contributed by atoms with Crippen LogP contribution in [0.2, 0.25) is 0 Å². The lowest BCUT2D eigenvalue weighted by Gasteiger charge is -2.33. The van der Waals surface area contributed by atoms with Gasteiger partial charge in [-0.2, -0.15) is 0 Å². The number of hydrogen-bond acceptors (Lipinski definition) is 2. The van der Waals surface area contributed by atoms with Gasteiger partial charge >= 0.3 is 0 Å². The van der Waals surface area contributed by atoms with E-state index in [9.17, 15) is 0 Å². The van der Waals surface area contributed by atoms with Crippen molar-refractivity contribution in [3.8, 4) is 0 Å². The fourth-order valence-corrected chi connectivity index (χ4v) is 2.04. The summed E-state index contributed by atoms with van der Waals surface area (Å²) in [5.74, 6) is 7.65. The van der Waals surface area contributed by atoms with Crippen molar-refractivity contribution in [2.75, 3.05) is 7.05 Å². The summed E-state index contributed by atoms with van der Waals surface area (Å²) in [5.41, 5.74) is 2.56. The lowest BCUT2D eigenvalue weighted by atomic mass is 9.79. The lowest BCUT2D eigenvalue weighted by Crippen LogP contribution is -2.48. The SMILES string of the molecule is CN=C(NN)NC1CCC(C)C(C)C1. The van der Waals surface area contributed by atoms with Crippen LogP contribution in [0, 0.1) is 11.8 Å². The van der Waals surface area contributed by atoms with Crippen molar-refractivity contribution in [2.45, 2.75) is 39.2 Å². The molecule has 0 aromatic heterocycles. The Morgan fingerprint density at radius 2 is 2.00 bits per heavy atom. The van der Waals surface area contributed by atoms with Crippen LogP contribution in [-0.2, 0) is 0 Å². The first kappa shape index (κ1) is 11.3. The van der Waals surface area contributed by atoms with Gasteiger partial charge in [0.2, 0.25) is 5.96 Å². The van der Waals surface area contributed by atoms with E-state index in [4.69, 9.17) is 5.84 Å². The van der Waals surface area contributed by atoms with Gasteiger partial charge in [0, 0.05) is 13.1 Å². The van der Waals surface area contributed by atoms with Crippen LogP contribution in [-0.4, -0.2) is 19.0 Å². The molecule has 0 spiro atoms. The van der Waals surface area contributed by atoms with Gasteiger partial charge < -0.3 is 5.32 Å². The third kappa shape index (κ3) is 2.87. The quantitative estimate of drug-likeness (QED) is 0.253. The highest BCUT2D eigenvalue weighted by Crippen LogP contribution is 2.29. The number of hydrazine groups is 1. The maximum atomic E-state index is 5.32. The average Bonchev–Trinajstić information content (AvgIpc) is 2.19. The zero-order chi connectivity index (χ0) is 10.6. The van der Waals surface area contributed by atoms with Gasteiger partial charge in [-0.05, 0) is 31.1 Å². The maximum absolute atomic E-state index is 5.32. The first-order chi connectivity index (χ1) is 6.67. The fraction of sp³-hybridized carbons (Fsp3) is 0.900. The molecule has 0 heterocycles. The van der Waals surface area contributed by atoms with Gasteiger partial charge in [0.1, 0.15) is 0 Å². The van der Waals surface area contributed by atoms with Crippen LogP contribution in [0.15, 0.2) is 4.99 Å². The van der Waals surface area contributed by atoms with Crippen LogP contribution in [0.25, 0.3) is 0 Å². The molecule has 14 heavy (non-hydrogen) atoms. The Morgan fingerprint density at radius 1 is 1.29 bits per heavy atom. The van der Waals surface area contributed by atoms with Crippen molar-refractivity contribution in [1.29, 1.82) is 0 Å². The minimum Gasteiger partial charge on any atom is -0.353 e. The molecule has 1 aliphatic carbocycles. The van der Waals surface area contributed by atoms with E-state index in [1.54, 1.807) is 7.05 Å². The van der Waals surface area contributed by atoms with Crippen molar-refractivity contribution < 1.29 is 0 Å². The summed E-state index contributed by atoms with van der Waals surface area (Å²) < 4.78 is 0. The Balaban J connectivity index is 2.40. The second kappa shape index (κ2) is 5.20. The smallest absolute Gasteiger partial charge is 0.205 e. The molecule has 0 saturated heterocycles. The van der Waals surface area contributed by atoms with Crippen molar-refractivity contribution in [2.24, 2.45) is 22.7 Å². The number of guanidine groups is 1. The molecule has 1 aliphatic rings. The predicted molar refractivity (Wildman–Crippen MR) is 59.8 cm³/mol. The van der Waals surface area contributed by atoms with Gasteiger partial charge in [-0.1, -0.05) is 13.8 Å². The Bertz CT molecular complexity index is 202. The number of rotatable bonds is 1. The van der Waals surface area contributed by atoms with Gasteiger partial charge in [0.25, 0.3) is 0 Å². The largest absolute Gasteiger partial charge is 0.353 e. The lowest BCUT2D eigenvalue weighted by molar-refractivity contribution is 0.239. The van der Waals surface area contributed by atoms with E-state index in [1.165, 1.54) is 19.3 Å². The van der Waals surface area contributed by atoms with Crippen LogP contribution in [0.5, 0.6) is 0 Å². The van der Waals surface area contributed by atoms with E-state index in [0.717, 1.165) is 11.8 Å². The van der Waals surface area contributed by atoms with Crippen LogP contribution >= 0.6 is 0 Å². The zero-order valence-corrected chi connectivity index (χ0v) is 9.38. The van der Waals surface area contributed by atoms with Crippen molar-refractivity contribution in [3.63, 3.8) is 0 Å². The first-order valence-corrected chi connectivity index (χ1v) is 5.37.